The third-order valence-electron chi connectivity index (χ3n) is 6.62. The van der Waals surface area contributed by atoms with Gasteiger partial charge >= 0.3 is 0 Å². The van der Waals surface area contributed by atoms with Gasteiger partial charge in [-0.3, -0.25) is 0 Å². The Kier molecular flexibility index (Phi) is 7.77. The molecule has 1 saturated heterocycles. The number of anilines is 2. The van der Waals surface area contributed by atoms with E-state index >= 15 is 0 Å². The molecule has 192 valence electrons. The first-order valence-corrected chi connectivity index (χ1v) is 13.0. The van der Waals surface area contributed by atoms with Crippen molar-refractivity contribution in [3.63, 3.8) is 0 Å². The van der Waals surface area contributed by atoms with Crippen molar-refractivity contribution in [1.82, 2.24) is 20.3 Å². The van der Waals surface area contributed by atoms with Gasteiger partial charge in [-0.15, -0.1) is 0 Å². The molecule has 8 heteroatoms. The van der Waals surface area contributed by atoms with Crippen molar-refractivity contribution in [1.29, 1.82) is 0 Å². The van der Waals surface area contributed by atoms with E-state index in [0.717, 1.165) is 65.0 Å². The number of pyridine rings is 1. The normalized spacial score (nSPS) is 16.4. The first-order valence-electron chi connectivity index (χ1n) is 13.0. The lowest BCUT2D eigenvalue weighted by Crippen LogP contribution is -2.38. The molecule has 0 spiro atoms. The lowest BCUT2D eigenvalue weighted by atomic mass is 10.0. The van der Waals surface area contributed by atoms with Crippen LogP contribution < -0.4 is 20.7 Å². The number of nitrogens with one attached hydrogen (secondary N) is 3. The lowest BCUT2D eigenvalue weighted by molar-refractivity contribution is 0.189. The molecule has 2 aromatic carbocycles. The van der Waals surface area contributed by atoms with Gasteiger partial charge in [0.15, 0.2) is 0 Å². The molecule has 0 aliphatic carbocycles. The maximum absolute atomic E-state index is 9.62. The second kappa shape index (κ2) is 11.5. The van der Waals surface area contributed by atoms with E-state index in [9.17, 15) is 5.11 Å². The van der Waals surface area contributed by atoms with Crippen molar-refractivity contribution in [2.75, 3.05) is 30.3 Å². The fourth-order valence-corrected chi connectivity index (χ4v) is 4.64. The molecule has 8 nitrogen and oxygen atoms in total. The summed E-state index contributed by atoms with van der Waals surface area (Å²) in [6, 6.07) is 16.3. The van der Waals surface area contributed by atoms with E-state index in [2.05, 4.69) is 44.1 Å². The number of piperidine rings is 1. The van der Waals surface area contributed by atoms with E-state index < -0.39 is 0 Å². The van der Waals surface area contributed by atoms with E-state index in [0.29, 0.717) is 30.8 Å². The molecule has 2 aromatic heterocycles. The molecule has 1 aliphatic heterocycles. The molecule has 0 amide bonds. The molecule has 37 heavy (non-hydrogen) atoms. The molecule has 1 unspecified atom stereocenters. The summed E-state index contributed by atoms with van der Waals surface area (Å²) in [7, 11) is 0. The van der Waals surface area contributed by atoms with Crippen LogP contribution in [-0.4, -0.2) is 51.8 Å². The molecule has 3 heterocycles. The summed E-state index contributed by atoms with van der Waals surface area (Å²) < 4.78 is 6.53. The maximum atomic E-state index is 9.62. The fourth-order valence-electron chi connectivity index (χ4n) is 4.64. The Morgan fingerprint density at radius 2 is 2.00 bits per heavy atom. The number of fused-ring (bicyclic) bond motifs is 1. The van der Waals surface area contributed by atoms with Gasteiger partial charge in [-0.1, -0.05) is 24.3 Å². The molecular weight excluding hydrogens is 464 g/mol. The molecule has 5 rings (SSSR count). The minimum Gasteiger partial charge on any atom is -0.437 e. The standard InChI is InChI=1S/C29H34N6O2/c1-19-10-11-22-23(7-3-9-25(22)31-16-12-20(2)36)27(19)37-28-24(8-5-15-32-28)26-13-17-33-29(35-26)34-21-6-4-14-30-18-21/h3,5,7-11,13,15,17,20-21,30-31,36H,4,6,12,14,16,18H2,1-2H3,(H,33,34,35)/t20?,21-/m0/s1. The molecule has 4 N–H and O–H groups in total. The van der Waals surface area contributed by atoms with Crippen molar-refractivity contribution >= 4 is 22.4 Å². The number of aryl methyl sites for hydroxylation is 1. The fraction of sp³-hybridized carbons (Fsp3) is 0.345. The second-order valence-electron chi connectivity index (χ2n) is 9.59. The number of aliphatic hydroxyl groups is 1. The Balaban J connectivity index is 1.44. The summed E-state index contributed by atoms with van der Waals surface area (Å²) in [5, 5.41) is 22.0. The topological polar surface area (TPSA) is 104 Å². The van der Waals surface area contributed by atoms with Crippen LogP contribution >= 0.6 is 0 Å². The predicted molar refractivity (Wildman–Crippen MR) is 148 cm³/mol. The molecule has 0 radical (unpaired) electrons. The van der Waals surface area contributed by atoms with Crippen LogP contribution in [0.4, 0.5) is 11.6 Å². The number of rotatable bonds is 9. The van der Waals surface area contributed by atoms with Gasteiger partial charge in [-0.05, 0) is 69.5 Å². The van der Waals surface area contributed by atoms with Gasteiger partial charge < -0.3 is 25.8 Å². The zero-order valence-corrected chi connectivity index (χ0v) is 21.4. The van der Waals surface area contributed by atoms with Gasteiger partial charge in [0.25, 0.3) is 0 Å². The van der Waals surface area contributed by atoms with Crippen LogP contribution in [0.3, 0.4) is 0 Å². The van der Waals surface area contributed by atoms with E-state index in [-0.39, 0.29) is 6.10 Å². The highest BCUT2D eigenvalue weighted by Crippen LogP contribution is 2.38. The Bertz CT molecular complexity index is 1350. The second-order valence-corrected chi connectivity index (χ2v) is 9.59. The van der Waals surface area contributed by atoms with E-state index in [4.69, 9.17) is 9.72 Å². The Hall–Kier alpha value is -3.75. The Morgan fingerprint density at radius 3 is 2.84 bits per heavy atom. The number of ether oxygens (including phenoxy) is 1. The molecule has 0 bridgehead atoms. The summed E-state index contributed by atoms with van der Waals surface area (Å²) in [5.41, 5.74) is 3.58. The van der Waals surface area contributed by atoms with Gasteiger partial charge in [-0.2, -0.15) is 0 Å². The van der Waals surface area contributed by atoms with Crippen molar-refractivity contribution in [2.45, 2.75) is 45.3 Å². The molecule has 1 fully saturated rings. The Labute approximate surface area is 217 Å². The van der Waals surface area contributed by atoms with Crippen LogP contribution in [0.25, 0.3) is 22.0 Å². The van der Waals surface area contributed by atoms with Crippen LogP contribution in [0.15, 0.2) is 60.9 Å². The van der Waals surface area contributed by atoms with Crippen molar-refractivity contribution in [2.24, 2.45) is 0 Å². The minimum absolute atomic E-state index is 0.315. The van der Waals surface area contributed by atoms with Gasteiger partial charge in [0, 0.05) is 48.0 Å². The molecule has 2 atom stereocenters. The van der Waals surface area contributed by atoms with Gasteiger partial charge in [-0.25, -0.2) is 15.0 Å². The maximum Gasteiger partial charge on any atom is 0.228 e. The first kappa shape index (κ1) is 24.9. The number of aliphatic hydroxyl groups excluding tert-OH is 1. The van der Waals surface area contributed by atoms with Crippen LogP contribution in [0.2, 0.25) is 0 Å². The van der Waals surface area contributed by atoms with E-state index in [1.54, 1.807) is 19.3 Å². The zero-order chi connectivity index (χ0) is 25.6. The average molecular weight is 499 g/mol. The van der Waals surface area contributed by atoms with E-state index in [1.165, 1.54) is 0 Å². The number of hydrogen-bond donors (Lipinski definition) is 4. The van der Waals surface area contributed by atoms with Crippen LogP contribution in [0.5, 0.6) is 11.6 Å². The van der Waals surface area contributed by atoms with Crippen molar-refractivity contribution < 1.29 is 9.84 Å². The molecular formula is C29H34N6O2. The smallest absolute Gasteiger partial charge is 0.228 e. The first-order chi connectivity index (χ1) is 18.1. The quantitative estimate of drug-likeness (QED) is 0.252. The highest BCUT2D eigenvalue weighted by atomic mass is 16.5. The van der Waals surface area contributed by atoms with Crippen LogP contribution in [0.1, 0.15) is 31.7 Å². The van der Waals surface area contributed by atoms with Crippen molar-refractivity contribution in [3.8, 4) is 22.9 Å². The predicted octanol–water partition coefficient (Wildman–Crippen LogP) is 5.14. The monoisotopic (exact) mass is 498 g/mol. The average Bonchev–Trinajstić information content (AvgIpc) is 2.91. The number of nitrogens with zero attached hydrogens (tertiary/aromatic N) is 3. The largest absolute Gasteiger partial charge is 0.437 e. The van der Waals surface area contributed by atoms with Crippen LogP contribution in [-0.2, 0) is 0 Å². The SMILES string of the molecule is Cc1ccc2c(NCCC(C)O)cccc2c1Oc1ncccc1-c1ccnc(N[C@H]2CCCNC2)n1. The minimum atomic E-state index is -0.344. The third-order valence-corrected chi connectivity index (χ3v) is 6.62. The number of aromatic nitrogens is 3. The summed E-state index contributed by atoms with van der Waals surface area (Å²) in [6.45, 7) is 6.49. The summed E-state index contributed by atoms with van der Waals surface area (Å²) in [6.07, 6.45) is 6.07. The highest BCUT2D eigenvalue weighted by Gasteiger charge is 2.17. The summed E-state index contributed by atoms with van der Waals surface area (Å²) in [5.74, 6) is 1.86. The van der Waals surface area contributed by atoms with Crippen molar-refractivity contribution in [3.05, 3.63) is 66.5 Å². The summed E-state index contributed by atoms with van der Waals surface area (Å²) in [4.78, 5) is 13.8. The van der Waals surface area contributed by atoms with Crippen LogP contribution in [0, 0.1) is 6.92 Å². The van der Waals surface area contributed by atoms with E-state index in [1.807, 2.05) is 37.3 Å². The Morgan fingerprint density at radius 1 is 1.08 bits per heavy atom. The van der Waals surface area contributed by atoms with Gasteiger partial charge in [0.1, 0.15) is 5.75 Å². The van der Waals surface area contributed by atoms with Gasteiger partial charge in [0.05, 0.1) is 17.4 Å². The molecule has 4 aromatic rings. The highest BCUT2D eigenvalue weighted by molar-refractivity contribution is 5.98. The third kappa shape index (κ3) is 5.98. The summed E-state index contributed by atoms with van der Waals surface area (Å²) >= 11 is 0. The molecule has 1 aliphatic rings. The number of hydrogen-bond acceptors (Lipinski definition) is 8. The lowest BCUT2D eigenvalue weighted by Gasteiger charge is -2.23. The molecule has 0 saturated carbocycles. The number of benzene rings is 2. The van der Waals surface area contributed by atoms with Gasteiger partial charge in [0.2, 0.25) is 11.8 Å². The zero-order valence-electron chi connectivity index (χ0n) is 21.4.